The summed E-state index contributed by atoms with van der Waals surface area (Å²) in [4.78, 5) is 5.77. The Morgan fingerprint density at radius 1 is 1.57 bits per heavy atom. The Kier molecular flexibility index (Phi) is 2.66. The van der Waals surface area contributed by atoms with Gasteiger partial charge in [0.15, 0.2) is 0 Å². The number of aromatic nitrogens is 1. The minimum atomic E-state index is -0.392. The van der Waals surface area contributed by atoms with Crippen molar-refractivity contribution in [1.82, 2.24) is 4.98 Å². The molecule has 14 heavy (non-hydrogen) atoms. The van der Waals surface area contributed by atoms with Gasteiger partial charge in [-0.15, -0.1) is 0 Å². The van der Waals surface area contributed by atoms with Gasteiger partial charge < -0.3 is 4.90 Å². The highest BCUT2D eigenvalue weighted by molar-refractivity contribution is 5.44. The predicted octanol–water partition coefficient (Wildman–Crippen LogP) is 2.46. The van der Waals surface area contributed by atoms with E-state index >= 15 is 0 Å². The summed E-state index contributed by atoms with van der Waals surface area (Å²) >= 11 is 0. The summed E-state index contributed by atoms with van der Waals surface area (Å²) in [6.07, 6.45) is 4.17. The molecular weight excluding hydrogens is 179 g/mol. The van der Waals surface area contributed by atoms with E-state index in [-0.39, 0.29) is 0 Å². The van der Waals surface area contributed by atoms with Crippen LogP contribution in [0.3, 0.4) is 0 Å². The topological polar surface area (TPSA) is 16.1 Å². The zero-order valence-electron chi connectivity index (χ0n) is 8.41. The molecule has 0 bridgehead atoms. The quantitative estimate of drug-likeness (QED) is 0.684. The van der Waals surface area contributed by atoms with Crippen LogP contribution in [0.5, 0.6) is 0 Å². The van der Waals surface area contributed by atoms with E-state index in [0.717, 1.165) is 24.7 Å². The summed E-state index contributed by atoms with van der Waals surface area (Å²) in [5.74, 6) is 0.433. The maximum Gasteiger partial charge on any atom is 0.214 e. The van der Waals surface area contributed by atoms with Crippen LogP contribution in [0.4, 0.5) is 10.1 Å². The van der Waals surface area contributed by atoms with Crippen LogP contribution in [0.25, 0.3) is 0 Å². The van der Waals surface area contributed by atoms with Gasteiger partial charge in [-0.2, -0.15) is 4.39 Å². The molecule has 3 heteroatoms. The molecule has 1 aliphatic rings. The smallest absolute Gasteiger partial charge is 0.214 e. The van der Waals surface area contributed by atoms with Crippen LogP contribution in [0, 0.1) is 11.9 Å². The van der Waals surface area contributed by atoms with E-state index in [0.29, 0.717) is 0 Å². The van der Waals surface area contributed by atoms with Crippen LogP contribution in [0.1, 0.15) is 19.8 Å². The van der Waals surface area contributed by atoms with Crippen LogP contribution in [0.2, 0.25) is 0 Å². The average molecular weight is 194 g/mol. The Balaban J connectivity index is 2.08. The number of hydrogen-bond donors (Lipinski definition) is 0. The molecule has 1 aromatic rings. The molecule has 0 aromatic carbocycles. The van der Waals surface area contributed by atoms with E-state index in [4.69, 9.17) is 0 Å². The molecule has 0 aliphatic heterocycles. The highest BCUT2D eigenvalue weighted by Crippen LogP contribution is 2.31. The van der Waals surface area contributed by atoms with Crippen molar-refractivity contribution in [3.63, 3.8) is 0 Å². The highest BCUT2D eigenvalue weighted by atomic mass is 19.1. The Hall–Kier alpha value is -1.12. The van der Waals surface area contributed by atoms with E-state index < -0.39 is 5.95 Å². The monoisotopic (exact) mass is 194 g/mol. The van der Waals surface area contributed by atoms with Gasteiger partial charge in [0, 0.05) is 31.0 Å². The van der Waals surface area contributed by atoms with Crippen LogP contribution in [-0.4, -0.2) is 18.1 Å². The molecule has 76 valence electrons. The van der Waals surface area contributed by atoms with Gasteiger partial charge in [0.05, 0.1) is 0 Å². The van der Waals surface area contributed by atoms with Crippen molar-refractivity contribution in [1.29, 1.82) is 0 Å². The molecule has 1 aliphatic carbocycles. The van der Waals surface area contributed by atoms with Gasteiger partial charge >= 0.3 is 0 Å². The van der Waals surface area contributed by atoms with Crippen LogP contribution in [-0.2, 0) is 0 Å². The molecule has 1 fully saturated rings. The maximum absolute atomic E-state index is 12.9. The molecule has 0 saturated heterocycles. The molecular formula is C11H15FN2. The third-order valence-corrected chi connectivity index (χ3v) is 2.63. The van der Waals surface area contributed by atoms with Crippen molar-refractivity contribution < 1.29 is 4.39 Å². The first-order chi connectivity index (χ1) is 6.79. The summed E-state index contributed by atoms with van der Waals surface area (Å²) in [5.41, 5.74) is 0.951. The molecule has 0 unspecified atom stereocenters. The molecule has 0 spiro atoms. The van der Waals surface area contributed by atoms with E-state index in [1.165, 1.54) is 25.1 Å². The fourth-order valence-electron chi connectivity index (χ4n) is 1.62. The fraction of sp³-hybridized carbons (Fsp3) is 0.545. The number of hydrogen-bond acceptors (Lipinski definition) is 2. The van der Waals surface area contributed by atoms with Crippen molar-refractivity contribution in [3.8, 4) is 0 Å². The third-order valence-electron chi connectivity index (χ3n) is 2.63. The molecule has 0 atom stereocenters. The average Bonchev–Trinajstić information content (AvgIpc) is 2.98. The van der Waals surface area contributed by atoms with Crippen molar-refractivity contribution in [3.05, 3.63) is 24.3 Å². The second-order valence-corrected chi connectivity index (χ2v) is 3.82. The zero-order valence-corrected chi connectivity index (χ0v) is 8.41. The van der Waals surface area contributed by atoms with Crippen molar-refractivity contribution in [2.75, 3.05) is 18.0 Å². The summed E-state index contributed by atoms with van der Waals surface area (Å²) in [6.45, 7) is 4.08. The van der Waals surface area contributed by atoms with Gasteiger partial charge in [-0.1, -0.05) is 0 Å². The zero-order chi connectivity index (χ0) is 9.97. The third kappa shape index (κ3) is 2.22. The Morgan fingerprint density at radius 2 is 2.36 bits per heavy atom. The van der Waals surface area contributed by atoms with Gasteiger partial charge in [0.1, 0.15) is 0 Å². The van der Waals surface area contributed by atoms with E-state index in [9.17, 15) is 4.39 Å². The number of rotatable bonds is 4. The summed E-state index contributed by atoms with van der Waals surface area (Å²) in [7, 11) is 0. The lowest BCUT2D eigenvalue weighted by Crippen LogP contribution is -2.25. The minimum absolute atomic E-state index is 0.392. The largest absolute Gasteiger partial charge is 0.371 e. The highest BCUT2D eigenvalue weighted by Gasteiger charge is 2.23. The number of nitrogens with zero attached hydrogens (tertiary/aromatic N) is 2. The lowest BCUT2D eigenvalue weighted by atomic mass is 10.3. The van der Waals surface area contributed by atoms with E-state index in [2.05, 4.69) is 16.8 Å². The minimum Gasteiger partial charge on any atom is -0.371 e. The van der Waals surface area contributed by atoms with Crippen molar-refractivity contribution in [2.24, 2.45) is 5.92 Å². The van der Waals surface area contributed by atoms with Crippen molar-refractivity contribution >= 4 is 5.69 Å². The Bertz CT molecular complexity index is 310. The number of halogens is 1. The van der Waals surface area contributed by atoms with Crippen LogP contribution in [0.15, 0.2) is 18.3 Å². The first-order valence-electron chi connectivity index (χ1n) is 5.16. The molecule has 1 aromatic heterocycles. The second-order valence-electron chi connectivity index (χ2n) is 3.82. The SMILES string of the molecule is CCN(CC1CC1)c1ccnc(F)c1. The molecule has 0 amide bonds. The number of anilines is 1. The molecule has 2 nitrogen and oxygen atoms in total. The first kappa shape index (κ1) is 9.44. The molecule has 2 rings (SSSR count). The van der Waals surface area contributed by atoms with E-state index in [1.807, 2.05) is 6.07 Å². The summed E-state index contributed by atoms with van der Waals surface area (Å²) < 4.78 is 12.9. The molecule has 1 saturated carbocycles. The van der Waals surface area contributed by atoms with Crippen molar-refractivity contribution in [2.45, 2.75) is 19.8 Å². The lowest BCUT2D eigenvalue weighted by Gasteiger charge is -2.22. The van der Waals surface area contributed by atoms with Gasteiger partial charge in [-0.05, 0) is 31.7 Å². The van der Waals surface area contributed by atoms with Gasteiger partial charge in [-0.25, -0.2) is 4.98 Å². The van der Waals surface area contributed by atoms with Gasteiger partial charge in [0.25, 0.3) is 0 Å². The Labute approximate surface area is 83.8 Å². The first-order valence-corrected chi connectivity index (χ1v) is 5.16. The maximum atomic E-state index is 12.9. The second kappa shape index (κ2) is 3.95. The standard InChI is InChI=1S/C11H15FN2/c1-2-14(8-9-3-4-9)10-5-6-13-11(12)7-10/h5-7,9H,2-4,8H2,1H3. The van der Waals surface area contributed by atoms with E-state index in [1.54, 1.807) is 0 Å². The summed E-state index contributed by atoms with van der Waals surface area (Å²) in [5, 5.41) is 0. The normalized spacial score (nSPS) is 15.6. The summed E-state index contributed by atoms with van der Waals surface area (Å²) in [6, 6.07) is 3.38. The lowest BCUT2D eigenvalue weighted by molar-refractivity contribution is 0.582. The fourth-order valence-corrected chi connectivity index (χ4v) is 1.62. The van der Waals surface area contributed by atoms with Crippen LogP contribution < -0.4 is 4.90 Å². The van der Waals surface area contributed by atoms with Gasteiger partial charge in [-0.3, -0.25) is 0 Å². The molecule has 1 heterocycles. The van der Waals surface area contributed by atoms with Crippen LogP contribution >= 0.6 is 0 Å². The number of pyridine rings is 1. The molecule has 0 N–H and O–H groups in total. The van der Waals surface area contributed by atoms with Gasteiger partial charge in [0.2, 0.25) is 5.95 Å². The Morgan fingerprint density at radius 3 is 2.93 bits per heavy atom. The predicted molar refractivity (Wildman–Crippen MR) is 54.8 cm³/mol. The molecule has 0 radical (unpaired) electrons.